The number of halogens is 2. The molecule has 2 nitrogen and oxygen atoms in total. The van der Waals surface area contributed by atoms with Crippen LogP contribution in [-0.4, -0.2) is 4.98 Å². The van der Waals surface area contributed by atoms with E-state index in [1.54, 1.807) is 24.3 Å². The second kappa shape index (κ2) is 3.55. The molecule has 0 saturated heterocycles. The van der Waals surface area contributed by atoms with Crippen molar-refractivity contribution in [2.75, 3.05) is 5.73 Å². The Hall–Kier alpha value is -1.13. The summed E-state index contributed by atoms with van der Waals surface area (Å²) in [6.45, 7) is 0. The minimum Gasteiger partial charge on any atom is -0.375 e. The lowest BCUT2D eigenvalue weighted by molar-refractivity contribution is 0.657. The molecule has 0 radical (unpaired) electrons. The third-order valence-corrected chi connectivity index (χ3v) is 2.64. The van der Waals surface area contributed by atoms with E-state index in [9.17, 15) is 4.39 Å². The Balaban J connectivity index is 2.49. The molecule has 0 fully saturated rings. The molecule has 5 heteroatoms. The van der Waals surface area contributed by atoms with Gasteiger partial charge >= 0.3 is 0 Å². The third kappa shape index (κ3) is 1.71. The number of aromatic nitrogens is 1. The van der Waals surface area contributed by atoms with Crippen LogP contribution in [0.4, 0.5) is 9.52 Å². The molecule has 1 heterocycles. The Labute approximate surface area is 89.2 Å². The number of benzene rings is 1. The molecular formula is C9H6ClFN2S. The molecule has 0 unspecified atom stereocenters. The summed E-state index contributed by atoms with van der Waals surface area (Å²) in [7, 11) is 0. The van der Waals surface area contributed by atoms with Crippen molar-refractivity contribution in [1.82, 2.24) is 4.98 Å². The van der Waals surface area contributed by atoms with E-state index in [-0.39, 0.29) is 16.0 Å². The van der Waals surface area contributed by atoms with Gasteiger partial charge < -0.3 is 5.73 Å². The van der Waals surface area contributed by atoms with Gasteiger partial charge in [0.2, 0.25) is 5.13 Å². The first-order valence-electron chi connectivity index (χ1n) is 3.84. The highest BCUT2D eigenvalue weighted by Crippen LogP contribution is 2.28. The maximum absolute atomic E-state index is 13.2. The predicted octanol–water partition coefficient (Wildman–Crippen LogP) is 3.18. The zero-order valence-corrected chi connectivity index (χ0v) is 8.57. The second-order valence-electron chi connectivity index (χ2n) is 2.68. The van der Waals surface area contributed by atoms with Crippen LogP contribution in [0.15, 0.2) is 24.3 Å². The maximum Gasteiger partial charge on any atom is 0.206 e. The number of nitrogens with two attached hydrogens (primary N) is 1. The Kier molecular flexibility index (Phi) is 2.39. The first kappa shape index (κ1) is 9.43. The number of hydrogen-bond donors (Lipinski definition) is 1. The van der Waals surface area contributed by atoms with Crippen LogP contribution in [0.5, 0.6) is 0 Å². The van der Waals surface area contributed by atoms with E-state index in [1.807, 2.05) is 0 Å². The zero-order chi connectivity index (χ0) is 10.1. The number of anilines is 1. The summed E-state index contributed by atoms with van der Waals surface area (Å²) in [6.07, 6.45) is 0. The van der Waals surface area contributed by atoms with Crippen molar-refractivity contribution < 1.29 is 4.39 Å². The molecule has 0 bridgehead atoms. The SMILES string of the molecule is Nc1nc(-c2ccc(Cl)cc2)c(F)s1. The molecule has 0 saturated carbocycles. The van der Waals surface area contributed by atoms with Crippen LogP contribution >= 0.6 is 22.9 Å². The molecule has 2 N–H and O–H groups in total. The van der Waals surface area contributed by atoms with Gasteiger partial charge in [0.05, 0.1) is 0 Å². The van der Waals surface area contributed by atoms with E-state index in [2.05, 4.69) is 4.98 Å². The largest absolute Gasteiger partial charge is 0.375 e. The van der Waals surface area contributed by atoms with Gasteiger partial charge in [-0.05, 0) is 12.1 Å². The summed E-state index contributed by atoms with van der Waals surface area (Å²) >= 11 is 6.54. The molecule has 0 aliphatic heterocycles. The molecule has 0 spiro atoms. The Morgan fingerprint density at radius 2 is 1.93 bits per heavy atom. The highest BCUT2D eigenvalue weighted by atomic mass is 35.5. The molecule has 1 aromatic heterocycles. The van der Waals surface area contributed by atoms with E-state index < -0.39 is 0 Å². The second-order valence-corrected chi connectivity index (χ2v) is 4.10. The van der Waals surface area contributed by atoms with E-state index in [1.165, 1.54) is 0 Å². The summed E-state index contributed by atoms with van der Waals surface area (Å²) in [6, 6.07) is 6.79. The molecule has 0 aliphatic rings. The first-order valence-corrected chi connectivity index (χ1v) is 5.04. The summed E-state index contributed by atoms with van der Waals surface area (Å²) in [4.78, 5) is 3.89. The average molecular weight is 229 g/mol. The van der Waals surface area contributed by atoms with Gasteiger partial charge in [-0.15, -0.1) is 0 Å². The standard InChI is InChI=1S/C9H6ClFN2S/c10-6-3-1-5(2-4-6)7-8(11)14-9(12)13-7/h1-4H,(H2,12,13). The molecule has 2 rings (SSSR count). The first-order chi connectivity index (χ1) is 6.66. The molecule has 14 heavy (non-hydrogen) atoms. The predicted molar refractivity (Wildman–Crippen MR) is 56.9 cm³/mol. The lowest BCUT2D eigenvalue weighted by Crippen LogP contribution is -1.83. The fourth-order valence-corrected chi connectivity index (χ4v) is 1.81. The fraction of sp³-hybridized carbons (Fsp3) is 0. The monoisotopic (exact) mass is 228 g/mol. The topological polar surface area (TPSA) is 38.9 Å². The molecule has 72 valence electrons. The van der Waals surface area contributed by atoms with Crippen molar-refractivity contribution in [3.05, 3.63) is 34.4 Å². The molecule has 1 aromatic carbocycles. The van der Waals surface area contributed by atoms with Crippen molar-refractivity contribution in [3.63, 3.8) is 0 Å². The number of hydrogen-bond acceptors (Lipinski definition) is 3. The number of thiazole rings is 1. The summed E-state index contributed by atoms with van der Waals surface area (Å²) in [5.41, 5.74) is 6.35. The van der Waals surface area contributed by atoms with Crippen molar-refractivity contribution in [3.8, 4) is 11.3 Å². The van der Waals surface area contributed by atoms with Gasteiger partial charge in [0, 0.05) is 10.6 Å². The van der Waals surface area contributed by atoms with Gasteiger partial charge in [0.25, 0.3) is 0 Å². The fourth-order valence-electron chi connectivity index (χ4n) is 1.10. The van der Waals surface area contributed by atoms with Crippen molar-refractivity contribution in [1.29, 1.82) is 0 Å². The molecule has 0 atom stereocenters. The van der Waals surface area contributed by atoms with Gasteiger partial charge in [-0.1, -0.05) is 35.1 Å². The summed E-state index contributed by atoms with van der Waals surface area (Å²) in [5.74, 6) is 0. The Morgan fingerprint density at radius 3 is 2.43 bits per heavy atom. The van der Waals surface area contributed by atoms with Crippen LogP contribution in [-0.2, 0) is 0 Å². The third-order valence-electron chi connectivity index (χ3n) is 1.72. The van der Waals surface area contributed by atoms with E-state index in [0.29, 0.717) is 10.6 Å². The average Bonchev–Trinajstić information content (AvgIpc) is 2.47. The lowest BCUT2D eigenvalue weighted by atomic mass is 10.2. The summed E-state index contributed by atoms with van der Waals surface area (Å²) < 4.78 is 13.2. The molecule has 2 aromatic rings. The van der Waals surface area contributed by atoms with Crippen LogP contribution in [0.3, 0.4) is 0 Å². The minimum absolute atomic E-state index is 0.229. The molecular weight excluding hydrogens is 223 g/mol. The Bertz CT molecular complexity index is 452. The van der Waals surface area contributed by atoms with Gasteiger partial charge in [0.1, 0.15) is 5.69 Å². The van der Waals surface area contributed by atoms with E-state index in [0.717, 1.165) is 11.3 Å². The number of nitrogens with zero attached hydrogens (tertiary/aromatic N) is 1. The highest BCUT2D eigenvalue weighted by Gasteiger charge is 2.10. The molecule has 0 aliphatic carbocycles. The lowest BCUT2D eigenvalue weighted by Gasteiger charge is -1.96. The van der Waals surface area contributed by atoms with Crippen LogP contribution in [0.1, 0.15) is 0 Å². The molecule has 0 amide bonds. The van der Waals surface area contributed by atoms with E-state index in [4.69, 9.17) is 17.3 Å². The van der Waals surface area contributed by atoms with Crippen molar-refractivity contribution in [2.45, 2.75) is 0 Å². The van der Waals surface area contributed by atoms with Gasteiger partial charge in [-0.25, -0.2) is 4.98 Å². The Morgan fingerprint density at radius 1 is 1.29 bits per heavy atom. The maximum atomic E-state index is 13.2. The highest BCUT2D eigenvalue weighted by molar-refractivity contribution is 7.14. The van der Waals surface area contributed by atoms with E-state index >= 15 is 0 Å². The number of nitrogen functional groups attached to an aromatic ring is 1. The van der Waals surface area contributed by atoms with Crippen LogP contribution < -0.4 is 5.73 Å². The van der Waals surface area contributed by atoms with Gasteiger partial charge in [-0.2, -0.15) is 4.39 Å². The van der Waals surface area contributed by atoms with Crippen molar-refractivity contribution >= 4 is 28.1 Å². The number of rotatable bonds is 1. The smallest absolute Gasteiger partial charge is 0.206 e. The minimum atomic E-state index is -0.371. The normalized spacial score (nSPS) is 10.4. The summed E-state index contributed by atoms with van der Waals surface area (Å²) in [5, 5.41) is 0.467. The van der Waals surface area contributed by atoms with Gasteiger partial charge in [0.15, 0.2) is 5.13 Å². The van der Waals surface area contributed by atoms with Crippen LogP contribution in [0, 0.1) is 5.13 Å². The quantitative estimate of drug-likeness (QED) is 0.814. The van der Waals surface area contributed by atoms with Crippen LogP contribution in [0.25, 0.3) is 11.3 Å². The van der Waals surface area contributed by atoms with Crippen LogP contribution in [0.2, 0.25) is 5.02 Å². The van der Waals surface area contributed by atoms with Crippen molar-refractivity contribution in [2.24, 2.45) is 0 Å². The van der Waals surface area contributed by atoms with Gasteiger partial charge in [-0.3, -0.25) is 0 Å². The zero-order valence-electron chi connectivity index (χ0n) is 7.00.